The van der Waals surface area contributed by atoms with E-state index in [9.17, 15) is 9.59 Å². The minimum atomic E-state index is -0.670. The molecule has 2 heterocycles. The van der Waals surface area contributed by atoms with E-state index in [1.807, 2.05) is 19.1 Å². The van der Waals surface area contributed by atoms with E-state index in [4.69, 9.17) is 11.6 Å². The van der Waals surface area contributed by atoms with Crippen LogP contribution in [0.1, 0.15) is 29.9 Å². The van der Waals surface area contributed by atoms with Crippen molar-refractivity contribution in [3.8, 4) is 11.5 Å². The molecule has 2 aliphatic rings. The number of halogens is 1. The fourth-order valence-corrected chi connectivity index (χ4v) is 3.35. The Labute approximate surface area is 164 Å². The molecule has 1 unspecified atom stereocenters. The molecule has 1 aromatic carbocycles. The predicted octanol–water partition coefficient (Wildman–Crippen LogP) is 2.36. The molecule has 2 aliphatic heterocycles. The van der Waals surface area contributed by atoms with Crippen LogP contribution in [0.4, 0.5) is 0 Å². The van der Waals surface area contributed by atoms with Crippen molar-refractivity contribution in [2.45, 2.75) is 25.7 Å². The van der Waals surface area contributed by atoms with Gasteiger partial charge < -0.3 is 11.5 Å². The largest absolute Gasteiger partial charge is 0.349 e. The summed E-state index contributed by atoms with van der Waals surface area (Å²) in [6, 6.07) is 3.98. The standard InChI is InChI=1S/C17H18ClN4O2.W/c1-4-10(5-6-18)11-8-12-13(7-9(11)2)22(3)15-14(19-12)16(23)21-17(24)20-15;/h7-8,10H,1,4-6H2,2-3H3,(H,21,23,24);/q-1;. The monoisotopic (exact) mass is 529 g/mol. The van der Waals surface area contributed by atoms with Crippen molar-refractivity contribution in [3.05, 3.63) is 51.0 Å². The van der Waals surface area contributed by atoms with Crippen LogP contribution >= 0.6 is 11.6 Å². The Morgan fingerprint density at radius 2 is 2.04 bits per heavy atom. The molecule has 132 valence electrons. The number of nitrogens with one attached hydrogen (secondary N) is 1. The van der Waals surface area contributed by atoms with Gasteiger partial charge in [-0.3, -0.25) is 9.78 Å². The summed E-state index contributed by atoms with van der Waals surface area (Å²) in [5, 5.41) is 0. The molecule has 0 saturated heterocycles. The molecule has 3 rings (SSSR count). The van der Waals surface area contributed by atoms with Gasteiger partial charge in [-0.25, -0.2) is 9.78 Å². The summed E-state index contributed by atoms with van der Waals surface area (Å²) < 4.78 is 1.73. The number of fused-ring (bicyclic) bond motifs is 2. The second kappa shape index (κ2) is 7.79. The van der Waals surface area contributed by atoms with Gasteiger partial charge in [0, 0.05) is 34.0 Å². The van der Waals surface area contributed by atoms with Crippen molar-refractivity contribution in [3.63, 3.8) is 0 Å². The fraction of sp³-hybridized carbons (Fsp3) is 0.353. The number of hydrogen-bond donors (Lipinski definition) is 1. The topological polar surface area (TPSA) is 80.6 Å². The van der Waals surface area contributed by atoms with Crippen LogP contribution in [0.2, 0.25) is 0 Å². The van der Waals surface area contributed by atoms with Gasteiger partial charge in [-0.15, -0.1) is 11.6 Å². The summed E-state index contributed by atoms with van der Waals surface area (Å²) in [7, 11) is 1.77. The van der Waals surface area contributed by atoms with Crippen LogP contribution in [0.25, 0.3) is 22.6 Å². The first kappa shape index (κ1) is 19.8. The summed E-state index contributed by atoms with van der Waals surface area (Å²) >= 11 is 5.90. The molecule has 1 aromatic rings. The minimum Gasteiger partial charge on any atom is -0.343 e. The second-order valence-electron chi connectivity index (χ2n) is 5.87. The Bertz CT molecular complexity index is 998. The Balaban J connectivity index is 0.00000225. The molecule has 0 fully saturated rings. The number of aromatic nitrogens is 4. The van der Waals surface area contributed by atoms with Crippen LogP contribution in [0.15, 0.2) is 21.7 Å². The van der Waals surface area contributed by atoms with E-state index in [2.05, 4.69) is 21.9 Å². The van der Waals surface area contributed by atoms with Gasteiger partial charge in [-0.2, -0.15) is 11.4 Å². The number of aromatic amines is 1. The molecule has 0 amide bonds. The molecule has 0 bridgehead atoms. The van der Waals surface area contributed by atoms with Gasteiger partial charge in [0.2, 0.25) is 0 Å². The zero-order valence-corrected chi connectivity index (χ0v) is 17.7. The molecule has 0 radical (unpaired) electrons. The van der Waals surface area contributed by atoms with Crippen LogP contribution in [0, 0.1) is 13.8 Å². The maximum Gasteiger partial charge on any atom is 0.349 e. The average molecular weight is 530 g/mol. The van der Waals surface area contributed by atoms with E-state index < -0.39 is 11.2 Å². The molecule has 25 heavy (non-hydrogen) atoms. The van der Waals surface area contributed by atoms with Gasteiger partial charge >= 0.3 is 5.69 Å². The maximum absolute atomic E-state index is 12.0. The summed E-state index contributed by atoms with van der Waals surface area (Å²) in [6.45, 7) is 6.04. The summed E-state index contributed by atoms with van der Waals surface area (Å²) in [5.41, 5.74) is 2.69. The van der Waals surface area contributed by atoms with Gasteiger partial charge in [0.05, 0.1) is 11.0 Å². The summed E-state index contributed by atoms with van der Waals surface area (Å²) in [5.74, 6) is 1.08. The van der Waals surface area contributed by atoms with Crippen molar-refractivity contribution < 1.29 is 21.1 Å². The van der Waals surface area contributed by atoms with Gasteiger partial charge in [0.1, 0.15) is 0 Å². The number of benzene rings is 1. The van der Waals surface area contributed by atoms with Crippen LogP contribution < -0.4 is 11.2 Å². The zero-order chi connectivity index (χ0) is 17.4. The molecule has 1 atom stereocenters. The molecule has 8 heteroatoms. The first-order chi connectivity index (χ1) is 11.5. The number of alkyl halides is 1. The molecule has 0 aromatic heterocycles. The van der Waals surface area contributed by atoms with E-state index in [0.29, 0.717) is 11.4 Å². The molecule has 0 aliphatic carbocycles. The van der Waals surface area contributed by atoms with E-state index in [1.165, 1.54) is 0 Å². The van der Waals surface area contributed by atoms with Gasteiger partial charge in [-0.05, 0) is 42.5 Å². The molecule has 0 spiro atoms. The van der Waals surface area contributed by atoms with Gasteiger partial charge in [0.15, 0.2) is 11.5 Å². The normalized spacial score (nSPS) is 12.3. The smallest absolute Gasteiger partial charge is 0.343 e. The SMILES string of the molecule is [CH2-]CC(CCCl)c1cc2nc3c(=O)[nH]c(=O)nc-3n(C)c2cc1C.[W]. The van der Waals surface area contributed by atoms with Crippen LogP contribution in [-0.2, 0) is 28.1 Å². The third kappa shape index (κ3) is 3.56. The molecule has 6 nitrogen and oxygen atoms in total. The average Bonchev–Trinajstić information content (AvgIpc) is 2.54. The maximum atomic E-state index is 12.0. The van der Waals surface area contributed by atoms with Crippen molar-refractivity contribution in [2.24, 2.45) is 7.05 Å². The van der Waals surface area contributed by atoms with E-state index in [0.717, 1.165) is 29.5 Å². The Kier molecular flexibility index (Phi) is 6.17. The minimum absolute atomic E-state index is 0. The third-order valence-electron chi connectivity index (χ3n) is 4.38. The first-order valence-electron chi connectivity index (χ1n) is 7.72. The van der Waals surface area contributed by atoms with Gasteiger partial charge in [-0.1, -0.05) is 0 Å². The Hall–Kier alpha value is -1.52. The Morgan fingerprint density at radius 1 is 1.32 bits per heavy atom. The second-order valence-corrected chi connectivity index (χ2v) is 6.25. The number of rotatable bonds is 4. The number of H-pyrrole nitrogens is 1. The first-order valence-corrected chi connectivity index (χ1v) is 8.26. The van der Waals surface area contributed by atoms with E-state index >= 15 is 0 Å². The fourth-order valence-electron chi connectivity index (χ4n) is 3.09. The van der Waals surface area contributed by atoms with E-state index in [1.54, 1.807) is 11.6 Å². The predicted molar refractivity (Wildman–Crippen MR) is 94.8 cm³/mol. The number of hydrogen-bond acceptors (Lipinski definition) is 4. The molecular weight excluding hydrogens is 512 g/mol. The van der Waals surface area contributed by atoms with Crippen LogP contribution in [0.3, 0.4) is 0 Å². The van der Waals surface area contributed by atoms with Crippen molar-refractivity contribution >= 4 is 22.6 Å². The van der Waals surface area contributed by atoms with Crippen LogP contribution in [-0.4, -0.2) is 25.4 Å². The van der Waals surface area contributed by atoms with E-state index in [-0.39, 0.29) is 38.5 Å². The summed E-state index contributed by atoms with van der Waals surface area (Å²) in [4.78, 5) is 34.0. The number of nitrogens with zero attached hydrogens (tertiary/aromatic N) is 3. The van der Waals surface area contributed by atoms with Crippen LogP contribution in [0.5, 0.6) is 0 Å². The molecule has 0 saturated carbocycles. The molecule has 1 N–H and O–H groups in total. The van der Waals surface area contributed by atoms with Crippen molar-refractivity contribution in [1.82, 2.24) is 19.5 Å². The number of aryl methyl sites for hydroxylation is 2. The quantitative estimate of drug-likeness (QED) is 0.320. The van der Waals surface area contributed by atoms with Gasteiger partial charge in [0.25, 0.3) is 5.56 Å². The van der Waals surface area contributed by atoms with Crippen molar-refractivity contribution in [1.29, 1.82) is 0 Å². The summed E-state index contributed by atoms with van der Waals surface area (Å²) in [6.07, 6.45) is 1.57. The molecular formula is C17H18ClN4O2W-. The zero-order valence-electron chi connectivity index (χ0n) is 14.0. The van der Waals surface area contributed by atoms with Crippen molar-refractivity contribution in [2.75, 3.05) is 5.88 Å². The third-order valence-corrected chi connectivity index (χ3v) is 4.59. The Morgan fingerprint density at radius 3 is 2.68 bits per heavy atom.